The molecule has 0 aromatic carbocycles. The number of anilines is 1. The molecule has 1 amide bonds. The fourth-order valence-electron chi connectivity index (χ4n) is 1.58. The molecule has 0 aliphatic rings. The second-order valence-electron chi connectivity index (χ2n) is 4.04. The summed E-state index contributed by atoms with van der Waals surface area (Å²) in [7, 11) is 0. The Kier molecular flexibility index (Phi) is 4.23. The van der Waals surface area contributed by atoms with E-state index in [2.05, 4.69) is 10.3 Å². The second-order valence-corrected chi connectivity index (χ2v) is 5.33. The van der Waals surface area contributed by atoms with Crippen LogP contribution in [0.5, 0.6) is 0 Å². The van der Waals surface area contributed by atoms with Crippen LogP contribution in [0.3, 0.4) is 0 Å². The monoisotopic (exact) mass is 285 g/mol. The van der Waals surface area contributed by atoms with Gasteiger partial charge in [-0.05, 0) is 31.2 Å². The van der Waals surface area contributed by atoms with Crippen molar-refractivity contribution in [1.82, 2.24) is 4.98 Å². The van der Waals surface area contributed by atoms with E-state index >= 15 is 0 Å². The van der Waals surface area contributed by atoms with E-state index in [0.29, 0.717) is 10.7 Å². The first-order valence-corrected chi connectivity index (χ1v) is 6.65. The van der Waals surface area contributed by atoms with E-state index in [1.807, 2.05) is 6.92 Å². The van der Waals surface area contributed by atoms with Gasteiger partial charge >= 0.3 is 0 Å². The number of nitrogens with one attached hydrogen (secondary N) is 1. The van der Waals surface area contributed by atoms with E-state index < -0.39 is 17.6 Å². The van der Waals surface area contributed by atoms with Crippen LogP contribution in [-0.4, -0.2) is 16.7 Å². The number of ketones is 1. The molecule has 0 saturated heterocycles. The lowest BCUT2D eigenvalue weighted by molar-refractivity contribution is -0.117. The highest BCUT2D eigenvalue weighted by molar-refractivity contribution is 7.14. The number of hydrogen-bond acceptors (Lipinski definition) is 5. The summed E-state index contributed by atoms with van der Waals surface area (Å²) < 4.78 is 0. The number of aryl methyl sites for hydroxylation is 1. The van der Waals surface area contributed by atoms with Crippen LogP contribution in [0.25, 0.3) is 0 Å². The molecule has 0 spiro atoms. The fourth-order valence-corrected chi connectivity index (χ4v) is 2.42. The van der Waals surface area contributed by atoms with E-state index in [0.717, 1.165) is 4.88 Å². The lowest BCUT2D eigenvalue weighted by Gasteiger charge is -2.07. The minimum absolute atomic E-state index is 0.313. The molecule has 5 nitrogen and oxygen atoms in total. The van der Waals surface area contributed by atoms with Gasteiger partial charge in [0.25, 0.3) is 5.91 Å². The maximum absolute atomic E-state index is 12.1. The van der Waals surface area contributed by atoms with Crippen LogP contribution in [0.4, 0.5) is 5.82 Å². The fraction of sp³-hybridized carbons (Fsp3) is 0.143. The maximum atomic E-state index is 12.1. The Morgan fingerprint density at radius 3 is 2.70 bits per heavy atom. The van der Waals surface area contributed by atoms with Crippen molar-refractivity contribution in [2.45, 2.75) is 6.92 Å². The number of aromatic nitrogens is 1. The normalized spacial score (nSPS) is 11.4. The Bertz CT molecular complexity index is 673. The predicted octanol–water partition coefficient (Wildman–Crippen LogP) is 2.41. The van der Waals surface area contributed by atoms with Crippen LogP contribution >= 0.6 is 11.3 Å². The second kappa shape index (κ2) is 6.08. The van der Waals surface area contributed by atoms with Crippen molar-refractivity contribution in [3.05, 3.63) is 46.3 Å². The summed E-state index contributed by atoms with van der Waals surface area (Å²) in [4.78, 5) is 29.4. The predicted molar refractivity (Wildman–Crippen MR) is 75.4 cm³/mol. The molecule has 20 heavy (non-hydrogen) atoms. The number of thiophene rings is 1. The van der Waals surface area contributed by atoms with E-state index in [4.69, 9.17) is 5.26 Å². The van der Waals surface area contributed by atoms with Crippen LogP contribution in [0.2, 0.25) is 0 Å². The molecule has 2 rings (SSSR count). The standard InChI is InChI=1S/C14H11N3O2S/c1-9-5-6-11(20-9)13(18)10(8-15)14(19)17-12-4-2-3-7-16-12/h2-7,10H,1H3,(H,16,17,19). The lowest BCUT2D eigenvalue weighted by atomic mass is 10.0. The number of amides is 1. The first-order chi connectivity index (χ1) is 9.61. The third-order valence-electron chi connectivity index (χ3n) is 2.55. The van der Waals surface area contributed by atoms with Gasteiger partial charge in [0, 0.05) is 11.1 Å². The zero-order chi connectivity index (χ0) is 14.5. The summed E-state index contributed by atoms with van der Waals surface area (Å²) in [6.45, 7) is 1.86. The molecule has 0 aliphatic carbocycles. The van der Waals surface area contributed by atoms with Gasteiger partial charge in [0.2, 0.25) is 0 Å². The van der Waals surface area contributed by atoms with Crippen molar-refractivity contribution in [1.29, 1.82) is 5.26 Å². The van der Waals surface area contributed by atoms with Gasteiger partial charge in [0.15, 0.2) is 11.7 Å². The number of hydrogen-bond donors (Lipinski definition) is 1. The zero-order valence-corrected chi connectivity index (χ0v) is 11.5. The molecule has 0 radical (unpaired) electrons. The van der Waals surface area contributed by atoms with Crippen molar-refractivity contribution >= 4 is 28.8 Å². The summed E-state index contributed by atoms with van der Waals surface area (Å²) in [5.74, 6) is -2.20. The summed E-state index contributed by atoms with van der Waals surface area (Å²) in [5, 5.41) is 11.5. The molecule has 1 unspecified atom stereocenters. The largest absolute Gasteiger partial charge is 0.309 e. The van der Waals surface area contributed by atoms with Gasteiger partial charge < -0.3 is 5.32 Å². The first kappa shape index (κ1) is 13.9. The Hall–Kier alpha value is -2.52. The number of nitrogens with zero attached hydrogens (tertiary/aromatic N) is 2. The molecule has 1 N–H and O–H groups in total. The Morgan fingerprint density at radius 1 is 1.35 bits per heavy atom. The van der Waals surface area contributed by atoms with Gasteiger partial charge in [-0.25, -0.2) is 4.98 Å². The van der Waals surface area contributed by atoms with Crippen LogP contribution in [-0.2, 0) is 4.79 Å². The SMILES string of the molecule is Cc1ccc(C(=O)C(C#N)C(=O)Nc2ccccn2)s1. The average molecular weight is 285 g/mol. The molecule has 0 saturated carbocycles. The number of carbonyl (C=O) groups excluding carboxylic acids is 2. The summed E-state index contributed by atoms with van der Waals surface area (Å²) >= 11 is 1.27. The molecule has 2 heterocycles. The van der Waals surface area contributed by atoms with Gasteiger partial charge in [-0.1, -0.05) is 6.07 Å². The van der Waals surface area contributed by atoms with Gasteiger partial charge in [-0.2, -0.15) is 5.26 Å². The quantitative estimate of drug-likeness (QED) is 0.690. The number of nitriles is 1. The summed E-state index contributed by atoms with van der Waals surface area (Å²) in [6, 6.07) is 10.2. The molecule has 2 aromatic heterocycles. The smallest absolute Gasteiger partial charge is 0.250 e. The van der Waals surface area contributed by atoms with Crippen LogP contribution in [0, 0.1) is 24.2 Å². The molecular weight excluding hydrogens is 274 g/mol. The molecular formula is C14H11N3O2S. The number of Topliss-reactive ketones (excluding diaryl/α,β-unsaturated/α-hetero) is 1. The van der Waals surface area contributed by atoms with E-state index in [1.54, 1.807) is 36.4 Å². The molecule has 0 fully saturated rings. The van der Waals surface area contributed by atoms with Gasteiger partial charge in [0.05, 0.1) is 10.9 Å². The van der Waals surface area contributed by atoms with E-state index in [1.165, 1.54) is 17.5 Å². The van der Waals surface area contributed by atoms with Gasteiger partial charge in [0.1, 0.15) is 5.82 Å². The third-order valence-corrected chi connectivity index (χ3v) is 3.57. The Morgan fingerprint density at radius 2 is 2.15 bits per heavy atom. The maximum Gasteiger partial charge on any atom is 0.250 e. The lowest BCUT2D eigenvalue weighted by Crippen LogP contribution is -2.28. The minimum atomic E-state index is -1.37. The highest BCUT2D eigenvalue weighted by Gasteiger charge is 2.28. The van der Waals surface area contributed by atoms with Crippen LogP contribution in [0.1, 0.15) is 14.5 Å². The van der Waals surface area contributed by atoms with E-state index in [9.17, 15) is 9.59 Å². The van der Waals surface area contributed by atoms with Crippen molar-refractivity contribution < 1.29 is 9.59 Å². The molecule has 1 atom stereocenters. The average Bonchev–Trinajstić information content (AvgIpc) is 2.87. The Labute approximate surface area is 119 Å². The number of rotatable bonds is 4. The molecule has 100 valence electrons. The number of carbonyl (C=O) groups is 2. The minimum Gasteiger partial charge on any atom is -0.309 e. The van der Waals surface area contributed by atoms with Gasteiger partial charge in [-0.15, -0.1) is 11.3 Å². The summed E-state index contributed by atoms with van der Waals surface area (Å²) in [5.41, 5.74) is 0. The van der Waals surface area contributed by atoms with Crippen LogP contribution in [0.15, 0.2) is 36.5 Å². The molecule has 0 aliphatic heterocycles. The molecule has 0 bridgehead atoms. The van der Waals surface area contributed by atoms with Crippen molar-refractivity contribution in [3.8, 4) is 6.07 Å². The molecule has 6 heteroatoms. The summed E-state index contributed by atoms with van der Waals surface area (Å²) in [6.07, 6.45) is 1.52. The highest BCUT2D eigenvalue weighted by Crippen LogP contribution is 2.19. The van der Waals surface area contributed by atoms with Crippen molar-refractivity contribution in [2.24, 2.45) is 5.92 Å². The topological polar surface area (TPSA) is 82.8 Å². The molecule has 2 aromatic rings. The first-order valence-electron chi connectivity index (χ1n) is 5.84. The third kappa shape index (κ3) is 3.08. The zero-order valence-electron chi connectivity index (χ0n) is 10.7. The van der Waals surface area contributed by atoms with Crippen LogP contribution < -0.4 is 5.32 Å². The van der Waals surface area contributed by atoms with E-state index in [-0.39, 0.29) is 0 Å². The van der Waals surface area contributed by atoms with Crippen molar-refractivity contribution in [2.75, 3.05) is 5.32 Å². The number of pyridine rings is 1. The highest BCUT2D eigenvalue weighted by atomic mass is 32.1. The van der Waals surface area contributed by atoms with Crippen molar-refractivity contribution in [3.63, 3.8) is 0 Å². The Balaban J connectivity index is 2.14. The van der Waals surface area contributed by atoms with Gasteiger partial charge in [-0.3, -0.25) is 9.59 Å².